The van der Waals surface area contributed by atoms with E-state index in [1.165, 1.54) is 0 Å². The van der Waals surface area contributed by atoms with Crippen molar-refractivity contribution in [2.45, 2.75) is 24.9 Å². The van der Waals surface area contributed by atoms with Crippen molar-refractivity contribution in [1.82, 2.24) is 5.32 Å². The highest BCUT2D eigenvalue weighted by atomic mass is 16.5. The summed E-state index contributed by atoms with van der Waals surface area (Å²) in [5.41, 5.74) is -0.571. The number of hydrogen-bond donors (Lipinski definition) is 2. The van der Waals surface area contributed by atoms with Gasteiger partial charge in [0.1, 0.15) is 0 Å². The minimum Gasteiger partial charge on any atom is -0.387 e. The van der Waals surface area contributed by atoms with Gasteiger partial charge in [-0.1, -0.05) is 0 Å². The van der Waals surface area contributed by atoms with Crippen LogP contribution < -0.4 is 5.32 Å². The summed E-state index contributed by atoms with van der Waals surface area (Å²) in [6.45, 7) is 2.39. The fraction of sp³-hybridized carbons (Fsp3) is 1.00. The molecule has 1 heterocycles. The molecule has 1 saturated heterocycles. The Kier molecular flexibility index (Phi) is 3.30. The Labute approximate surface area is 67.7 Å². The monoisotopic (exact) mass is 159 g/mol. The summed E-state index contributed by atoms with van der Waals surface area (Å²) in [5.74, 6) is 0. The molecule has 1 unspecified atom stereocenters. The molecule has 1 rings (SSSR count). The molecule has 1 aliphatic heterocycles. The van der Waals surface area contributed by atoms with Crippen LogP contribution in [0.2, 0.25) is 0 Å². The van der Waals surface area contributed by atoms with Gasteiger partial charge in [0.05, 0.1) is 12.2 Å². The molecule has 1 aliphatic rings. The van der Waals surface area contributed by atoms with E-state index in [1.54, 1.807) is 7.11 Å². The number of methoxy groups -OCH3 is 1. The molecule has 0 aromatic heterocycles. The van der Waals surface area contributed by atoms with Gasteiger partial charge in [0.25, 0.3) is 0 Å². The smallest absolute Gasteiger partial charge is 0.0892 e. The van der Waals surface area contributed by atoms with Crippen molar-refractivity contribution in [1.29, 1.82) is 0 Å². The Hall–Kier alpha value is -0.120. The Balaban J connectivity index is 2.38. The van der Waals surface area contributed by atoms with E-state index in [-0.39, 0.29) is 0 Å². The molecular formula is C8H17NO2. The molecule has 0 aromatic carbocycles. The van der Waals surface area contributed by atoms with Gasteiger partial charge in [0.2, 0.25) is 0 Å². The summed E-state index contributed by atoms with van der Waals surface area (Å²) in [5, 5.41) is 13.1. The zero-order chi connectivity index (χ0) is 8.16. The molecule has 1 fully saturated rings. The molecule has 0 aliphatic carbocycles. The molecule has 66 valence electrons. The third-order valence-corrected chi connectivity index (χ3v) is 2.18. The molecule has 3 heteroatoms. The standard InChI is InChI=1S/C8H17NO2/c1-11-7-8(10)3-2-5-9-6-4-8/h9-10H,2-7H2,1H3. The summed E-state index contributed by atoms with van der Waals surface area (Å²) >= 11 is 0. The molecule has 0 radical (unpaired) electrons. The van der Waals surface area contributed by atoms with E-state index in [2.05, 4.69) is 5.32 Å². The van der Waals surface area contributed by atoms with Crippen molar-refractivity contribution in [3.63, 3.8) is 0 Å². The summed E-state index contributed by atoms with van der Waals surface area (Å²) in [6.07, 6.45) is 2.70. The Morgan fingerprint density at radius 2 is 2.27 bits per heavy atom. The van der Waals surface area contributed by atoms with E-state index in [0.717, 1.165) is 32.4 Å². The lowest BCUT2D eigenvalue weighted by molar-refractivity contribution is -0.0391. The topological polar surface area (TPSA) is 41.5 Å². The van der Waals surface area contributed by atoms with Crippen molar-refractivity contribution in [3.8, 4) is 0 Å². The lowest BCUT2D eigenvalue weighted by atomic mass is 9.96. The molecule has 11 heavy (non-hydrogen) atoms. The summed E-state index contributed by atoms with van der Waals surface area (Å²) in [7, 11) is 1.64. The normalized spacial score (nSPS) is 33.3. The maximum atomic E-state index is 9.89. The lowest BCUT2D eigenvalue weighted by Gasteiger charge is -2.24. The summed E-state index contributed by atoms with van der Waals surface area (Å²) in [4.78, 5) is 0. The molecule has 0 bridgehead atoms. The number of ether oxygens (including phenoxy) is 1. The van der Waals surface area contributed by atoms with Crippen LogP contribution in [0.15, 0.2) is 0 Å². The Morgan fingerprint density at radius 3 is 3.00 bits per heavy atom. The van der Waals surface area contributed by atoms with Gasteiger partial charge >= 0.3 is 0 Å². The van der Waals surface area contributed by atoms with Gasteiger partial charge < -0.3 is 15.2 Å². The zero-order valence-electron chi connectivity index (χ0n) is 7.10. The van der Waals surface area contributed by atoms with Crippen LogP contribution in [-0.2, 0) is 4.74 Å². The third-order valence-electron chi connectivity index (χ3n) is 2.18. The van der Waals surface area contributed by atoms with Gasteiger partial charge in [-0.05, 0) is 32.4 Å². The van der Waals surface area contributed by atoms with Crippen LogP contribution in [0.25, 0.3) is 0 Å². The average Bonchev–Trinajstić information content (AvgIpc) is 2.15. The van der Waals surface area contributed by atoms with Crippen LogP contribution in [-0.4, -0.2) is 37.5 Å². The van der Waals surface area contributed by atoms with Crippen molar-refractivity contribution in [2.24, 2.45) is 0 Å². The Bertz CT molecular complexity index is 109. The van der Waals surface area contributed by atoms with Crippen molar-refractivity contribution in [3.05, 3.63) is 0 Å². The summed E-state index contributed by atoms with van der Waals surface area (Å²) in [6, 6.07) is 0. The largest absolute Gasteiger partial charge is 0.387 e. The second kappa shape index (κ2) is 4.04. The van der Waals surface area contributed by atoms with E-state index in [9.17, 15) is 5.11 Å². The third kappa shape index (κ3) is 2.77. The summed E-state index contributed by atoms with van der Waals surface area (Å²) < 4.78 is 4.96. The average molecular weight is 159 g/mol. The Morgan fingerprint density at radius 1 is 1.45 bits per heavy atom. The highest BCUT2D eigenvalue weighted by molar-refractivity contribution is 4.81. The second-order valence-corrected chi connectivity index (χ2v) is 3.26. The molecule has 0 amide bonds. The number of aliphatic hydroxyl groups is 1. The SMILES string of the molecule is COCC1(O)CCCNCC1. The fourth-order valence-electron chi connectivity index (χ4n) is 1.53. The van der Waals surface area contributed by atoms with Crippen LogP contribution >= 0.6 is 0 Å². The number of nitrogens with one attached hydrogen (secondary N) is 1. The highest BCUT2D eigenvalue weighted by Gasteiger charge is 2.27. The lowest BCUT2D eigenvalue weighted by Crippen LogP contribution is -2.34. The predicted molar refractivity (Wildman–Crippen MR) is 43.5 cm³/mol. The van der Waals surface area contributed by atoms with Gasteiger partial charge in [0, 0.05) is 7.11 Å². The van der Waals surface area contributed by atoms with E-state index in [0.29, 0.717) is 6.61 Å². The maximum absolute atomic E-state index is 9.89. The predicted octanol–water partition coefficient (Wildman–Crippen LogP) is 0.137. The first-order valence-corrected chi connectivity index (χ1v) is 4.19. The van der Waals surface area contributed by atoms with E-state index in [4.69, 9.17) is 4.74 Å². The first kappa shape index (κ1) is 8.97. The second-order valence-electron chi connectivity index (χ2n) is 3.26. The fourth-order valence-corrected chi connectivity index (χ4v) is 1.53. The first-order chi connectivity index (χ1) is 5.27. The molecule has 1 atom stereocenters. The van der Waals surface area contributed by atoms with Gasteiger partial charge in [-0.2, -0.15) is 0 Å². The molecule has 2 N–H and O–H groups in total. The van der Waals surface area contributed by atoms with E-state index < -0.39 is 5.60 Å². The first-order valence-electron chi connectivity index (χ1n) is 4.19. The van der Waals surface area contributed by atoms with Gasteiger partial charge in [-0.15, -0.1) is 0 Å². The molecule has 3 nitrogen and oxygen atoms in total. The van der Waals surface area contributed by atoms with Gasteiger partial charge in [-0.3, -0.25) is 0 Å². The van der Waals surface area contributed by atoms with Gasteiger partial charge in [0.15, 0.2) is 0 Å². The highest BCUT2D eigenvalue weighted by Crippen LogP contribution is 2.19. The quantitative estimate of drug-likeness (QED) is 0.602. The molecule has 0 saturated carbocycles. The van der Waals surface area contributed by atoms with Crippen LogP contribution in [0.3, 0.4) is 0 Å². The molecule has 0 spiro atoms. The maximum Gasteiger partial charge on any atom is 0.0892 e. The number of hydrogen-bond acceptors (Lipinski definition) is 3. The van der Waals surface area contributed by atoms with Crippen molar-refractivity contribution < 1.29 is 9.84 Å². The van der Waals surface area contributed by atoms with Crippen molar-refractivity contribution in [2.75, 3.05) is 26.8 Å². The van der Waals surface area contributed by atoms with Crippen LogP contribution in [0, 0.1) is 0 Å². The van der Waals surface area contributed by atoms with E-state index >= 15 is 0 Å². The minimum atomic E-state index is -0.571. The van der Waals surface area contributed by atoms with E-state index in [1.807, 2.05) is 0 Å². The zero-order valence-corrected chi connectivity index (χ0v) is 7.10. The van der Waals surface area contributed by atoms with Gasteiger partial charge in [-0.25, -0.2) is 0 Å². The number of rotatable bonds is 2. The molecule has 0 aromatic rings. The van der Waals surface area contributed by atoms with Crippen LogP contribution in [0.1, 0.15) is 19.3 Å². The van der Waals surface area contributed by atoms with Crippen molar-refractivity contribution >= 4 is 0 Å². The molecular weight excluding hydrogens is 142 g/mol. The minimum absolute atomic E-state index is 0.467. The van der Waals surface area contributed by atoms with Crippen LogP contribution in [0.5, 0.6) is 0 Å². The van der Waals surface area contributed by atoms with Crippen LogP contribution in [0.4, 0.5) is 0 Å².